The van der Waals surface area contributed by atoms with E-state index < -0.39 is 17.9 Å². The maximum atomic E-state index is 13.1. The lowest BCUT2D eigenvalue weighted by molar-refractivity contribution is -0.160. The van der Waals surface area contributed by atoms with Crippen molar-refractivity contribution >= 4 is 11.9 Å². The third-order valence-corrected chi connectivity index (χ3v) is 2.89. The Morgan fingerprint density at radius 2 is 2.16 bits per heavy atom. The predicted molar refractivity (Wildman–Crippen MR) is 64.3 cm³/mol. The van der Waals surface area contributed by atoms with Gasteiger partial charge in [0.05, 0.1) is 12.6 Å². The molecule has 0 aromatic heterocycles. The first-order chi connectivity index (χ1) is 8.97. The van der Waals surface area contributed by atoms with Crippen LogP contribution < -0.4 is 0 Å². The second-order valence-corrected chi connectivity index (χ2v) is 4.49. The number of amides is 1. The monoisotopic (exact) mass is 267 g/mol. The van der Waals surface area contributed by atoms with Crippen LogP contribution in [-0.2, 0) is 9.53 Å². The molecule has 1 N–H and O–H groups in total. The van der Waals surface area contributed by atoms with E-state index in [1.54, 1.807) is 6.92 Å². The van der Waals surface area contributed by atoms with Crippen LogP contribution in [0.3, 0.4) is 0 Å². The van der Waals surface area contributed by atoms with Gasteiger partial charge in [-0.1, -0.05) is 6.07 Å². The number of ether oxygens (including phenoxy) is 1. The van der Waals surface area contributed by atoms with E-state index in [1.165, 1.54) is 23.1 Å². The van der Waals surface area contributed by atoms with Crippen molar-refractivity contribution in [2.45, 2.75) is 19.1 Å². The van der Waals surface area contributed by atoms with Crippen molar-refractivity contribution in [2.75, 3.05) is 13.1 Å². The van der Waals surface area contributed by atoms with Gasteiger partial charge in [0.2, 0.25) is 0 Å². The lowest BCUT2D eigenvalue weighted by Crippen LogP contribution is -2.51. The van der Waals surface area contributed by atoms with Gasteiger partial charge in [-0.05, 0) is 25.1 Å². The van der Waals surface area contributed by atoms with Gasteiger partial charge in [-0.3, -0.25) is 4.79 Å². The molecule has 0 bridgehead atoms. The van der Waals surface area contributed by atoms with Crippen LogP contribution in [0, 0.1) is 5.82 Å². The Bertz CT molecular complexity index is 505. The zero-order valence-corrected chi connectivity index (χ0v) is 10.4. The van der Waals surface area contributed by atoms with E-state index in [2.05, 4.69) is 0 Å². The standard InChI is InChI=1S/C13H14FNO4/c1-8-6-15(7-11(19-8)13(17)18)12(16)9-3-2-4-10(14)5-9/h2-5,8,11H,6-7H2,1H3,(H,17,18)/t8-,11?/m1/s1. The average Bonchev–Trinajstić information content (AvgIpc) is 2.37. The van der Waals surface area contributed by atoms with Crippen molar-refractivity contribution in [3.63, 3.8) is 0 Å². The smallest absolute Gasteiger partial charge is 0.334 e. The van der Waals surface area contributed by atoms with Gasteiger partial charge in [0, 0.05) is 12.1 Å². The zero-order valence-electron chi connectivity index (χ0n) is 10.4. The number of carboxylic acids is 1. The summed E-state index contributed by atoms with van der Waals surface area (Å²) in [5, 5.41) is 8.95. The minimum Gasteiger partial charge on any atom is -0.479 e. The summed E-state index contributed by atoms with van der Waals surface area (Å²) in [6.45, 7) is 1.95. The summed E-state index contributed by atoms with van der Waals surface area (Å²) >= 11 is 0. The van der Waals surface area contributed by atoms with Crippen LogP contribution >= 0.6 is 0 Å². The number of morpholine rings is 1. The highest BCUT2D eigenvalue weighted by atomic mass is 19.1. The van der Waals surface area contributed by atoms with Crippen molar-refractivity contribution in [3.05, 3.63) is 35.6 Å². The van der Waals surface area contributed by atoms with Gasteiger partial charge in [0.15, 0.2) is 6.10 Å². The second kappa shape index (κ2) is 5.36. The third-order valence-electron chi connectivity index (χ3n) is 2.89. The number of hydrogen-bond donors (Lipinski definition) is 1. The fraction of sp³-hybridized carbons (Fsp3) is 0.385. The first-order valence-corrected chi connectivity index (χ1v) is 5.90. The molecule has 0 spiro atoms. The van der Waals surface area contributed by atoms with Crippen LogP contribution in [0.5, 0.6) is 0 Å². The van der Waals surface area contributed by atoms with Crippen LogP contribution in [0.1, 0.15) is 17.3 Å². The van der Waals surface area contributed by atoms with Crippen LogP contribution in [0.25, 0.3) is 0 Å². The summed E-state index contributed by atoms with van der Waals surface area (Å²) in [6.07, 6.45) is -1.41. The Morgan fingerprint density at radius 1 is 1.42 bits per heavy atom. The van der Waals surface area contributed by atoms with E-state index in [1.807, 2.05) is 0 Å². The number of halogens is 1. The number of nitrogens with zero attached hydrogens (tertiary/aromatic N) is 1. The number of benzene rings is 1. The van der Waals surface area contributed by atoms with E-state index in [-0.39, 0.29) is 24.1 Å². The van der Waals surface area contributed by atoms with E-state index in [4.69, 9.17) is 9.84 Å². The van der Waals surface area contributed by atoms with Crippen molar-refractivity contribution in [3.8, 4) is 0 Å². The average molecular weight is 267 g/mol. The van der Waals surface area contributed by atoms with E-state index >= 15 is 0 Å². The second-order valence-electron chi connectivity index (χ2n) is 4.49. The molecule has 1 unspecified atom stereocenters. The van der Waals surface area contributed by atoms with Crippen molar-refractivity contribution < 1.29 is 23.8 Å². The van der Waals surface area contributed by atoms with Gasteiger partial charge in [-0.15, -0.1) is 0 Å². The molecule has 2 atom stereocenters. The van der Waals surface area contributed by atoms with Crippen LogP contribution in [0.15, 0.2) is 24.3 Å². The Labute approximate surface area is 109 Å². The van der Waals surface area contributed by atoms with Crippen molar-refractivity contribution in [1.82, 2.24) is 4.90 Å². The predicted octanol–water partition coefficient (Wildman–Crippen LogP) is 1.14. The van der Waals surface area contributed by atoms with Gasteiger partial charge in [-0.2, -0.15) is 0 Å². The van der Waals surface area contributed by atoms with Crippen LogP contribution in [-0.4, -0.2) is 47.2 Å². The normalized spacial score (nSPS) is 23.2. The summed E-state index contributed by atoms with van der Waals surface area (Å²) in [5.41, 5.74) is 0.207. The molecule has 6 heteroatoms. The van der Waals surface area contributed by atoms with Crippen LogP contribution in [0.4, 0.5) is 4.39 Å². The Kier molecular flexibility index (Phi) is 3.80. The lowest BCUT2D eigenvalue weighted by Gasteiger charge is -2.34. The quantitative estimate of drug-likeness (QED) is 0.872. The summed E-state index contributed by atoms with van der Waals surface area (Å²) in [5.74, 6) is -1.99. The molecule has 1 aliphatic heterocycles. The van der Waals surface area contributed by atoms with Gasteiger partial charge in [-0.25, -0.2) is 9.18 Å². The number of aliphatic carboxylic acids is 1. The lowest BCUT2D eigenvalue weighted by atomic mass is 10.1. The molecule has 1 aromatic rings. The number of rotatable bonds is 2. The maximum absolute atomic E-state index is 13.1. The molecule has 1 heterocycles. The van der Waals surface area contributed by atoms with Crippen molar-refractivity contribution in [1.29, 1.82) is 0 Å². The number of carboxylic acid groups (broad SMARTS) is 1. The molecule has 1 fully saturated rings. The molecule has 0 saturated carbocycles. The Balaban J connectivity index is 2.16. The molecule has 1 aliphatic rings. The highest BCUT2D eigenvalue weighted by Gasteiger charge is 2.32. The SMILES string of the molecule is C[C@@H]1CN(C(=O)c2cccc(F)c2)CC(C(=O)O)O1. The highest BCUT2D eigenvalue weighted by molar-refractivity contribution is 5.94. The molecule has 1 saturated heterocycles. The first-order valence-electron chi connectivity index (χ1n) is 5.90. The summed E-state index contributed by atoms with van der Waals surface area (Å²) in [6, 6.07) is 5.33. The van der Waals surface area contributed by atoms with E-state index in [9.17, 15) is 14.0 Å². The summed E-state index contributed by atoms with van der Waals surface area (Å²) in [7, 11) is 0. The molecule has 2 rings (SSSR count). The minimum absolute atomic E-state index is 0.0327. The summed E-state index contributed by atoms with van der Waals surface area (Å²) in [4.78, 5) is 24.5. The highest BCUT2D eigenvalue weighted by Crippen LogP contribution is 2.15. The maximum Gasteiger partial charge on any atom is 0.334 e. The molecular formula is C13H14FNO4. The summed E-state index contributed by atoms with van der Waals surface area (Å²) < 4.78 is 18.3. The molecule has 0 radical (unpaired) electrons. The number of carbonyl (C=O) groups is 2. The van der Waals surface area contributed by atoms with E-state index in [0.717, 1.165) is 6.07 Å². The zero-order chi connectivity index (χ0) is 14.0. The van der Waals surface area contributed by atoms with Gasteiger partial charge < -0.3 is 14.7 Å². The molecule has 0 aliphatic carbocycles. The molecule has 102 valence electrons. The molecule has 19 heavy (non-hydrogen) atoms. The fourth-order valence-corrected chi connectivity index (χ4v) is 2.06. The third kappa shape index (κ3) is 3.08. The Hall–Kier alpha value is -1.95. The molecule has 1 amide bonds. The minimum atomic E-state index is -1.11. The van der Waals surface area contributed by atoms with Crippen molar-refractivity contribution in [2.24, 2.45) is 0 Å². The van der Waals surface area contributed by atoms with E-state index in [0.29, 0.717) is 6.54 Å². The Morgan fingerprint density at radius 3 is 2.79 bits per heavy atom. The van der Waals surface area contributed by atoms with Gasteiger partial charge in [0.1, 0.15) is 5.82 Å². The molecule has 5 nitrogen and oxygen atoms in total. The van der Waals surface area contributed by atoms with Gasteiger partial charge in [0.25, 0.3) is 5.91 Å². The van der Waals surface area contributed by atoms with Crippen LogP contribution in [0.2, 0.25) is 0 Å². The molecule has 1 aromatic carbocycles. The topological polar surface area (TPSA) is 66.8 Å². The molecular weight excluding hydrogens is 253 g/mol. The number of hydrogen-bond acceptors (Lipinski definition) is 3. The number of carbonyl (C=O) groups excluding carboxylic acids is 1. The largest absolute Gasteiger partial charge is 0.479 e. The first kappa shape index (κ1) is 13.5. The fourth-order valence-electron chi connectivity index (χ4n) is 2.06. The van der Waals surface area contributed by atoms with Gasteiger partial charge >= 0.3 is 5.97 Å².